The van der Waals surface area contributed by atoms with Crippen molar-refractivity contribution in [1.29, 1.82) is 0 Å². The van der Waals surface area contributed by atoms with Gasteiger partial charge in [-0.05, 0) is 31.0 Å². The van der Waals surface area contributed by atoms with Gasteiger partial charge < -0.3 is 14.4 Å². The Morgan fingerprint density at radius 1 is 1.25 bits per heavy atom. The molecular formula is C16H19Cl2N3O2S. The monoisotopic (exact) mass is 387 g/mol. The molecule has 1 aromatic heterocycles. The Hall–Kier alpha value is -0.950. The van der Waals surface area contributed by atoms with Crippen LogP contribution in [0.1, 0.15) is 25.1 Å². The number of thioether (sulfide) groups is 1. The van der Waals surface area contributed by atoms with Crippen LogP contribution in [0.25, 0.3) is 0 Å². The summed E-state index contributed by atoms with van der Waals surface area (Å²) in [5.74, 6) is 2.05. The molecule has 24 heavy (non-hydrogen) atoms. The number of aliphatic hydroxyl groups excluding tert-OH is 1. The number of aliphatic hydroxyl groups is 1. The van der Waals surface area contributed by atoms with Crippen LogP contribution < -0.4 is 4.74 Å². The van der Waals surface area contributed by atoms with Crippen LogP contribution in [0.5, 0.6) is 5.75 Å². The first-order chi connectivity index (χ1) is 11.6. The maximum Gasteiger partial charge on any atom is 0.191 e. The second kappa shape index (κ2) is 8.43. The molecule has 8 heteroatoms. The zero-order valence-electron chi connectivity index (χ0n) is 13.1. The van der Waals surface area contributed by atoms with Gasteiger partial charge in [-0.15, -0.1) is 10.2 Å². The molecule has 1 aromatic carbocycles. The SMILES string of the molecule is OC(COc1ccc(Cl)cc1Cl)CSc1nnc2n1CCCCC2. The van der Waals surface area contributed by atoms with E-state index < -0.39 is 6.10 Å². The third kappa shape index (κ3) is 4.57. The second-order valence-corrected chi connectivity index (χ2v) is 7.54. The summed E-state index contributed by atoms with van der Waals surface area (Å²) in [6, 6.07) is 5.02. The maximum atomic E-state index is 10.1. The van der Waals surface area contributed by atoms with E-state index in [1.165, 1.54) is 24.6 Å². The lowest BCUT2D eigenvalue weighted by atomic mass is 10.2. The van der Waals surface area contributed by atoms with Crippen molar-refractivity contribution >= 4 is 35.0 Å². The quantitative estimate of drug-likeness (QED) is 0.762. The molecule has 2 aromatic rings. The molecule has 0 amide bonds. The lowest BCUT2D eigenvalue weighted by Gasteiger charge is -2.13. The van der Waals surface area contributed by atoms with Crippen molar-refractivity contribution in [3.63, 3.8) is 0 Å². The van der Waals surface area contributed by atoms with E-state index in [4.69, 9.17) is 27.9 Å². The minimum atomic E-state index is -0.625. The Balaban J connectivity index is 1.51. The van der Waals surface area contributed by atoms with Gasteiger partial charge in [-0.3, -0.25) is 0 Å². The highest BCUT2D eigenvalue weighted by Crippen LogP contribution is 2.28. The number of aryl methyl sites for hydroxylation is 1. The zero-order valence-corrected chi connectivity index (χ0v) is 15.4. The van der Waals surface area contributed by atoms with Crippen LogP contribution >= 0.6 is 35.0 Å². The molecule has 0 radical (unpaired) electrons. The molecule has 1 unspecified atom stereocenters. The first kappa shape index (κ1) is 17.9. The molecule has 3 rings (SSSR count). The Morgan fingerprint density at radius 3 is 2.96 bits per heavy atom. The molecule has 2 heterocycles. The molecule has 5 nitrogen and oxygen atoms in total. The highest BCUT2D eigenvalue weighted by Gasteiger charge is 2.16. The average molecular weight is 388 g/mol. The Kier molecular flexibility index (Phi) is 6.27. The summed E-state index contributed by atoms with van der Waals surface area (Å²) in [4.78, 5) is 0. The fourth-order valence-electron chi connectivity index (χ4n) is 2.56. The Bertz CT molecular complexity index is 696. The van der Waals surface area contributed by atoms with Crippen molar-refractivity contribution in [2.24, 2.45) is 0 Å². The highest BCUT2D eigenvalue weighted by molar-refractivity contribution is 7.99. The van der Waals surface area contributed by atoms with Gasteiger partial charge in [0.1, 0.15) is 18.2 Å². The molecular weight excluding hydrogens is 369 g/mol. The van der Waals surface area contributed by atoms with E-state index in [9.17, 15) is 5.11 Å². The van der Waals surface area contributed by atoms with Crippen molar-refractivity contribution in [2.75, 3.05) is 12.4 Å². The van der Waals surface area contributed by atoms with E-state index >= 15 is 0 Å². The lowest BCUT2D eigenvalue weighted by molar-refractivity contribution is 0.126. The number of hydrogen-bond donors (Lipinski definition) is 1. The van der Waals surface area contributed by atoms with Gasteiger partial charge in [0.25, 0.3) is 0 Å². The van der Waals surface area contributed by atoms with Crippen LogP contribution in [0, 0.1) is 0 Å². The normalized spacial score (nSPS) is 15.6. The molecule has 0 spiro atoms. The third-order valence-corrected chi connectivity index (χ3v) is 5.45. The summed E-state index contributed by atoms with van der Waals surface area (Å²) in [6.45, 7) is 1.12. The molecule has 0 saturated heterocycles. The number of nitrogens with zero attached hydrogens (tertiary/aromatic N) is 3. The Labute approximate surface area is 155 Å². The fraction of sp³-hybridized carbons (Fsp3) is 0.500. The summed E-state index contributed by atoms with van der Waals surface area (Å²) < 4.78 is 7.73. The van der Waals surface area contributed by atoms with E-state index in [0.717, 1.165) is 30.4 Å². The van der Waals surface area contributed by atoms with Crippen LogP contribution in [0.15, 0.2) is 23.4 Å². The summed E-state index contributed by atoms with van der Waals surface area (Å²) in [7, 11) is 0. The number of ether oxygens (including phenoxy) is 1. The Morgan fingerprint density at radius 2 is 2.12 bits per heavy atom. The number of fused-ring (bicyclic) bond motifs is 1. The molecule has 1 N–H and O–H groups in total. The molecule has 0 fully saturated rings. The second-order valence-electron chi connectivity index (χ2n) is 5.71. The van der Waals surface area contributed by atoms with Gasteiger partial charge in [0.2, 0.25) is 0 Å². The molecule has 130 valence electrons. The number of aromatic nitrogens is 3. The summed E-state index contributed by atoms with van der Waals surface area (Å²) >= 11 is 13.4. The van der Waals surface area contributed by atoms with Crippen molar-refractivity contribution in [2.45, 2.75) is 43.5 Å². The highest BCUT2D eigenvalue weighted by atomic mass is 35.5. The van der Waals surface area contributed by atoms with Gasteiger partial charge in [0, 0.05) is 23.7 Å². The largest absolute Gasteiger partial charge is 0.489 e. The van der Waals surface area contributed by atoms with Crippen molar-refractivity contribution in [3.8, 4) is 5.75 Å². The van der Waals surface area contributed by atoms with Gasteiger partial charge in [-0.2, -0.15) is 0 Å². The number of benzene rings is 1. The van der Waals surface area contributed by atoms with Crippen LogP contribution in [0.4, 0.5) is 0 Å². The van der Waals surface area contributed by atoms with Gasteiger partial charge in [0.15, 0.2) is 5.16 Å². The van der Waals surface area contributed by atoms with E-state index in [0.29, 0.717) is 21.5 Å². The minimum absolute atomic E-state index is 0.162. The summed E-state index contributed by atoms with van der Waals surface area (Å²) in [5, 5.41) is 20.5. The number of halogens is 2. The van der Waals surface area contributed by atoms with Crippen LogP contribution in [0.2, 0.25) is 10.0 Å². The number of hydrogen-bond acceptors (Lipinski definition) is 5. The summed E-state index contributed by atoms with van der Waals surface area (Å²) in [6.07, 6.45) is 3.90. The van der Waals surface area contributed by atoms with Gasteiger partial charge >= 0.3 is 0 Å². The third-order valence-electron chi connectivity index (χ3n) is 3.81. The predicted octanol–water partition coefficient (Wildman–Crippen LogP) is 3.84. The fourth-order valence-corrected chi connectivity index (χ4v) is 3.91. The van der Waals surface area contributed by atoms with Crippen molar-refractivity contribution in [1.82, 2.24) is 14.8 Å². The van der Waals surface area contributed by atoms with E-state index in [-0.39, 0.29) is 6.61 Å². The van der Waals surface area contributed by atoms with Crippen molar-refractivity contribution in [3.05, 3.63) is 34.1 Å². The lowest BCUT2D eigenvalue weighted by Crippen LogP contribution is -2.20. The van der Waals surface area contributed by atoms with Crippen LogP contribution in [-0.2, 0) is 13.0 Å². The zero-order chi connectivity index (χ0) is 16.9. The molecule has 0 bridgehead atoms. The van der Waals surface area contributed by atoms with Gasteiger partial charge in [0.05, 0.1) is 11.1 Å². The minimum Gasteiger partial charge on any atom is -0.489 e. The van der Waals surface area contributed by atoms with E-state index in [1.54, 1.807) is 18.2 Å². The molecule has 0 saturated carbocycles. The maximum absolute atomic E-state index is 10.1. The van der Waals surface area contributed by atoms with Crippen LogP contribution in [0.3, 0.4) is 0 Å². The van der Waals surface area contributed by atoms with Gasteiger partial charge in [-0.1, -0.05) is 41.4 Å². The predicted molar refractivity (Wildman–Crippen MR) is 96.3 cm³/mol. The summed E-state index contributed by atoms with van der Waals surface area (Å²) in [5.41, 5.74) is 0. The first-order valence-electron chi connectivity index (χ1n) is 7.94. The topological polar surface area (TPSA) is 60.2 Å². The molecule has 0 aliphatic carbocycles. The van der Waals surface area contributed by atoms with E-state index in [2.05, 4.69) is 14.8 Å². The standard InChI is InChI=1S/C16H19Cl2N3O2S/c17-11-5-6-14(13(18)8-11)23-9-12(22)10-24-16-20-19-15-4-2-1-3-7-21(15)16/h5-6,8,12,22H,1-4,7,9-10H2. The average Bonchev–Trinajstić information content (AvgIpc) is 2.78. The van der Waals surface area contributed by atoms with Crippen molar-refractivity contribution < 1.29 is 9.84 Å². The number of rotatable bonds is 6. The van der Waals surface area contributed by atoms with Crippen LogP contribution in [-0.4, -0.2) is 38.3 Å². The van der Waals surface area contributed by atoms with E-state index in [1.807, 2.05) is 0 Å². The molecule has 1 atom stereocenters. The first-order valence-corrected chi connectivity index (χ1v) is 9.68. The molecule has 1 aliphatic heterocycles. The smallest absolute Gasteiger partial charge is 0.191 e. The van der Waals surface area contributed by atoms with Gasteiger partial charge in [-0.25, -0.2) is 0 Å². The molecule has 1 aliphatic rings.